The average molecular weight is 301 g/mol. The Kier molecular flexibility index (Phi) is 5.40. The maximum Gasteiger partial charge on any atom is 0.118 e. The van der Waals surface area contributed by atoms with Crippen molar-refractivity contribution in [2.45, 2.75) is 21.6 Å². The van der Waals surface area contributed by atoms with Gasteiger partial charge in [-0.3, -0.25) is 0 Å². The van der Waals surface area contributed by atoms with Crippen LogP contribution < -0.4 is 4.74 Å². The lowest BCUT2D eigenvalue weighted by atomic mass is 10.2. The molecule has 2 rings (SSSR count). The van der Waals surface area contributed by atoms with Crippen LogP contribution in [0.15, 0.2) is 57.2 Å². The normalized spacial score (nSPS) is 10.1. The number of nitrogens with zero attached hydrogens (tertiary/aromatic N) is 1. The molecule has 0 radical (unpaired) electrons. The molecule has 0 unspecified atom stereocenters. The number of rotatable bonds is 5. The van der Waals surface area contributed by atoms with E-state index in [1.54, 1.807) is 30.6 Å². The lowest BCUT2D eigenvalue weighted by Gasteiger charge is -2.08. The monoisotopic (exact) mass is 301 g/mol. The van der Waals surface area contributed by atoms with Crippen molar-refractivity contribution in [2.24, 2.45) is 0 Å². The molecule has 0 atom stereocenters. The van der Waals surface area contributed by atoms with Gasteiger partial charge in [0.25, 0.3) is 0 Å². The maximum absolute atomic E-state index is 9.39. The standard InChI is InChI=1S/C16H15NOS2/c1-3-19-15-5-4-6-16(14(15)11-17)20-13-9-7-12(18-2)8-10-13/h4-10H,3H2,1-2H3. The highest BCUT2D eigenvalue weighted by atomic mass is 32.2. The minimum atomic E-state index is 0.764. The fraction of sp³-hybridized carbons (Fsp3) is 0.188. The molecule has 0 fully saturated rings. The lowest BCUT2D eigenvalue weighted by molar-refractivity contribution is 0.414. The first kappa shape index (κ1) is 14.8. The minimum absolute atomic E-state index is 0.764. The molecule has 2 aromatic rings. The van der Waals surface area contributed by atoms with Crippen LogP contribution in [0.5, 0.6) is 5.75 Å². The summed E-state index contributed by atoms with van der Waals surface area (Å²) in [5, 5.41) is 9.39. The van der Waals surface area contributed by atoms with Crippen molar-refractivity contribution in [3.05, 3.63) is 48.0 Å². The number of ether oxygens (including phenoxy) is 1. The van der Waals surface area contributed by atoms with Gasteiger partial charge in [-0.15, -0.1) is 11.8 Å². The Morgan fingerprint density at radius 2 is 1.80 bits per heavy atom. The quantitative estimate of drug-likeness (QED) is 0.741. The molecule has 2 nitrogen and oxygen atoms in total. The van der Waals surface area contributed by atoms with E-state index >= 15 is 0 Å². The van der Waals surface area contributed by atoms with Crippen molar-refractivity contribution in [2.75, 3.05) is 12.9 Å². The highest BCUT2D eigenvalue weighted by Crippen LogP contribution is 2.35. The van der Waals surface area contributed by atoms with E-state index in [2.05, 4.69) is 13.0 Å². The van der Waals surface area contributed by atoms with Crippen LogP contribution >= 0.6 is 23.5 Å². The fourth-order valence-corrected chi connectivity index (χ4v) is 3.53. The third-order valence-corrected chi connectivity index (χ3v) is 4.69. The Balaban J connectivity index is 2.28. The van der Waals surface area contributed by atoms with Gasteiger partial charge in [0.05, 0.1) is 12.7 Å². The summed E-state index contributed by atoms with van der Waals surface area (Å²) in [5.74, 6) is 1.80. The molecule has 0 heterocycles. The van der Waals surface area contributed by atoms with Crippen LogP contribution in [-0.2, 0) is 0 Å². The number of thioether (sulfide) groups is 1. The highest BCUT2D eigenvalue weighted by Gasteiger charge is 2.09. The number of nitriles is 1. The average Bonchev–Trinajstić information content (AvgIpc) is 2.49. The van der Waals surface area contributed by atoms with Gasteiger partial charge in [0, 0.05) is 14.7 Å². The molecule has 4 heteroatoms. The molecule has 0 aromatic heterocycles. The van der Waals surface area contributed by atoms with Crippen molar-refractivity contribution >= 4 is 23.5 Å². The van der Waals surface area contributed by atoms with Crippen molar-refractivity contribution in [1.82, 2.24) is 0 Å². The van der Waals surface area contributed by atoms with Crippen LogP contribution in [-0.4, -0.2) is 12.9 Å². The largest absolute Gasteiger partial charge is 0.497 e. The number of benzene rings is 2. The third kappa shape index (κ3) is 3.50. The number of hydrogen-bond donors (Lipinski definition) is 0. The smallest absolute Gasteiger partial charge is 0.118 e. The number of hydrogen-bond acceptors (Lipinski definition) is 4. The van der Waals surface area contributed by atoms with E-state index in [0.717, 1.165) is 31.8 Å². The molecule has 20 heavy (non-hydrogen) atoms. The van der Waals surface area contributed by atoms with Crippen molar-refractivity contribution in [3.63, 3.8) is 0 Å². The van der Waals surface area contributed by atoms with Gasteiger partial charge in [-0.2, -0.15) is 5.26 Å². The summed E-state index contributed by atoms with van der Waals surface area (Å²) in [6, 6.07) is 16.2. The molecule has 0 N–H and O–H groups in total. The van der Waals surface area contributed by atoms with Gasteiger partial charge in [0.1, 0.15) is 11.8 Å². The van der Waals surface area contributed by atoms with Crippen LogP contribution in [0.1, 0.15) is 12.5 Å². The van der Waals surface area contributed by atoms with Gasteiger partial charge in [-0.1, -0.05) is 24.8 Å². The molecular weight excluding hydrogens is 286 g/mol. The van der Waals surface area contributed by atoms with Gasteiger partial charge in [0.15, 0.2) is 0 Å². The Hall–Kier alpha value is -1.57. The molecule has 0 bridgehead atoms. The van der Waals surface area contributed by atoms with Gasteiger partial charge in [-0.25, -0.2) is 0 Å². The van der Waals surface area contributed by atoms with E-state index in [0.29, 0.717) is 0 Å². The molecule has 0 aliphatic rings. The summed E-state index contributed by atoms with van der Waals surface area (Å²) in [5.41, 5.74) is 0.764. The van der Waals surface area contributed by atoms with Crippen LogP contribution in [0, 0.1) is 11.3 Å². The zero-order valence-electron chi connectivity index (χ0n) is 11.4. The summed E-state index contributed by atoms with van der Waals surface area (Å²) in [7, 11) is 1.65. The summed E-state index contributed by atoms with van der Waals surface area (Å²) >= 11 is 3.31. The summed E-state index contributed by atoms with van der Waals surface area (Å²) in [6.45, 7) is 2.09. The maximum atomic E-state index is 9.39. The minimum Gasteiger partial charge on any atom is -0.497 e. The van der Waals surface area contributed by atoms with Crippen LogP contribution in [0.25, 0.3) is 0 Å². The molecule has 0 aliphatic carbocycles. The van der Waals surface area contributed by atoms with E-state index in [1.165, 1.54) is 0 Å². The molecule has 102 valence electrons. The second kappa shape index (κ2) is 7.28. The van der Waals surface area contributed by atoms with Crippen LogP contribution in [0.3, 0.4) is 0 Å². The zero-order chi connectivity index (χ0) is 14.4. The molecule has 0 saturated carbocycles. The Bertz CT molecular complexity index is 617. The fourth-order valence-electron chi connectivity index (χ4n) is 1.75. The predicted molar refractivity (Wildman–Crippen MR) is 84.7 cm³/mol. The van der Waals surface area contributed by atoms with Crippen molar-refractivity contribution in [3.8, 4) is 11.8 Å². The Morgan fingerprint density at radius 3 is 2.40 bits per heavy atom. The predicted octanol–water partition coefficient (Wildman–Crippen LogP) is 4.83. The first-order chi connectivity index (χ1) is 9.78. The van der Waals surface area contributed by atoms with Gasteiger partial charge < -0.3 is 4.74 Å². The molecule has 2 aromatic carbocycles. The van der Waals surface area contributed by atoms with Gasteiger partial charge in [0.2, 0.25) is 0 Å². The van der Waals surface area contributed by atoms with Crippen molar-refractivity contribution in [1.29, 1.82) is 5.26 Å². The molecule has 0 aliphatic heterocycles. The summed E-state index contributed by atoms with van der Waals surface area (Å²) in [6.07, 6.45) is 0. The lowest BCUT2D eigenvalue weighted by Crippen LogP contribution is -1.87. The summed E-state index contributed by atoms with van der Waals surface area (Å²) < 4.78 is 5.15. The first-order valence-corrected chi connectivity index (χ1v) is 8.06. The Morgan fingerprint density at radius 1 is 1.10 bits per heavy atom. The van der Waals surface area contributed by atoms with Gasteiger partial charge >= 0.3 is 0 Å². The second-order valence-corrected chi connectivity index (χ2v) is 6.37. The molecular formula is C16H15NOS2. The SMILES string of the molecule is CCSc1cccc(Sc2ccc(OC)cc2)c1C#N. The van der Waals surface area contributed by atoms with Crippen LogP contribution in [0.4, 0.5) is 0 Å². The van der Waals surface area contributed by atoms with E-state index in [9.17, 15) is 5.26 Å². The number of methoxy groups -OCH3 is 1. The van der Waals surface area contributed by atoms with Crippen molar-refractivity contribution < 1.29 is 4.74 Å². The third-order valence-electron chi connectivity index (χ3n) is 2.69. The van der Waals surface area contributed by atoms with Crippen LogP contribution in [0.2, 0.25) is 0 Å². The molecule has 0 saturated heterocycles. The molecule has 0 spiro atoms. The topological polar surface area (TPSA) is 33.0 Å². The molecule has 0 amide bonds. The van der Waals surface area contributed by atoms with E-state index in [1.807, 2.05) is 42.5 Å². The first-order valence-electron chi connectivity index (χ1n) is 6.26. The van der Waals surface area contributed by atoms with Gasteiger partial charge in [-0.05, 0) is 42.2 Å². The highest BCUT2D eigenvalue weighted by molar-refractivity contribution is 8.00. The van der Waals surface area contributed by atoms with E-state index in [-0.39, 0.29) is 0 Å². The second-order valence-electron chi connectivity index (χ2n) is 3.95. The zero-order valence-corrected chi connectivity index (χ0v) is 13.1. The van der Waals surface area contributed by atoms with E-state index in [4.69, 9.17) is 4.74 Å². The van der Waals surface area contributed by atoms with E-state index < -0.39 is 0 Å². The summed E-state index contributed by atoms with van der Waals surface area (Å²) in [4.78, 5) is 3.14. The Labute approximate surface area is 128 Å².